The molecule has 0 aliphatic rings. The number of pyridine rings is 2. The van der Waals surface area contributed by atoms with Crippen LogP contribution in [0.3, 0.4) is 0 Å². The van der Waals surface area contributed by atoms with Gasteiger partial charge in [-0.05, 0) is 43.3 Å². The molecule has 0 aliphatic heterocycles. The van der Waals surface area contributed by atoms with Crippen LogP contribution < -0.4 is 5.32 Å². The van der Waals surface area contributed by atoms with E-state index in [0.717, 1.165) is 37.7 Å². The standard InChI is InChI=1S/C20H14BrN3O/c1-12-10-15(14-4-2-3-5-18(14)23-12)20(25)24-19-8-9-22-17-7-6-13(21)11-16(17)19/h2-11H,1H3,(H,22,24,25). The van der Waals surface area contributed by atoms with Gasteiger partial charge in [-0.2, -0.15) is 0 Å². The second-order valence-electron chi connectivity index (χ2n) is 5.80. The van der Waals surface area contributed by atoms with Crippen molar-refractivity contribution in [3.63, 3.8) is 0 Å². The fraction of sp³-hybridized carbons (Fsp3) is 0.0500. The van der Waals surface area contributed by atoms with E-state index in [-0.39, 0.29) is 5.91 Å². The maximum atomic E-state index is 12.9. The molecule has 2 aromatic carbocycles. The fourth-order valence-electron chi connectivity index (χ4n) is 2.91. The number of aryl methyl sites for hydroxylation is 1. The molecule has 0 aliphatic carbocycles. The number of carbonyl (C=O) groups excluding carboxylic acids is 1. The average molecular weight is 392 g/mol. The van der Waals surface area contributed by atoms with Crippen molar-refractivity contribution in [3.05, 3.63) is 76.5 Å². The van der Waals surface area contributed by atoms with E-state index in [1.807, 2.05) is 61.5 Å². The Balaban J connectivity index is 1.80. The smallest absolute Gasteiger partial charge is 0.256 e. The maximum absolute atomic E-state index is 12.9. The Labute approximate surface area is 153 Å². The van der Waals surface area contributed by atoms with Gasteiger partial charge in [0.25, 0.3) is 5.91 Å². The summed E-state index contributed by atoms with van der Waals surface area (Å²) >= 11 is 3.47. The SMILES string of the molecule is Cc1cc(C(=O)Nc2ccnc3ccc(Br)cc23)c2ccccc2n1. The molecule has 0 unspecified atom stereocenters. The van der Waals surface area contributed by atoms with Crippen LogP contribution in [0.25, 0.3) is 21.8 Å². The molecule has 4 rings (SSSR count). The summed E-state index contributed by atoms with van der Waals surface area (Å²) in [6.07, 6.45) is 1.70. The van der Waals surface area contributed by atoms with Crippen LogP contribution in [0.1, 0.15) is 16.1 Å². The predicted molar refractivity (Wildman–Crippen MR) is 104 cm³/mol. The number of rotatable bonds is 2. The Morgan fingerprint density at radius 3 is 2.72 bits per heavy atom. The topological polar surface area (TPSA) is 54.9 Å². The lowest BCUT2D eigenvalue weighted by atomic mass is 10.1. The summed E-state index contributed by atoms with van der Waals surface area (Å²) in [5.41, 5.74) is 3.80. The van der Waals surface area contributed by atoms with Gasteiger partial charge in [0.1, 0.15) is 0 Å². The number of hydrogen-bond donors (Lipinski definition) is 1. The number of amides is 1. The van der Waals surface area contributed by atoms with Gasteiger partial charge in [-0.3, -0.25) is 14.8 Å². The summed E-state index contributed by atoms with van der Waals surface area (Å²) in [4.78, 5) is 21.8. The van der Waals surface area contributed by atoms with E-state index < -0.39 is 0 Å². The molecule has 122 valence electrons. The van der Waals surface area contributed by atoms with E-state index >= 15 is 0 Å². The molecule has 0 saturated carbocycles. The number of para-hydroxylation sites is 1. The molecule has 0 saturated heterocycles. The third-order valence-corrected chi connectivity index (χ3v) is 4.53. The quantitative estimate of drug-likeness (QED) is 0.516. The van der Waals surface area contributed by atoms with Crippen molar-refractivity contribution in [3.8, 4) is 0 Å². The van der Waals surface area contributed by atoms with Gasteiger partial charge in [-0.1, -0.05) is 34.1 Å². The summed E-state index contributed by atoms with van der Waals surface area (Å²) < 4.78 is 0.939. The van der Waals surface area contributed by atoms with Crippen molar-refractivity contribution in [1.82, 2.24) is 9.97 Å². The number of nitrogens with zero attached hydrogens (tertiary/aromatic N) is 2. The number of carbonyl (C=O) groups is 1. The number of aromatic nitrogens is 2. The Bertz CT molecular complexity index is 1120. The monoisotopic (exact) mass is 391 g/mol. The lowest BCUT2D eigenvalue weighted by Crippen LogP contribution is -2.13. The van der Waals surface area contributed by atoms with Crippen LogP contribution in [-0.2, 0) is 0 Å². The van der Waals surface area contributed by atoms with Gasteiger partial charge in [0, 0.05) is 27.1 Å². The van der Waals surface area contributed by atoms with Crippen LogP contribution in [0.5, 0.6) is 0 Å². The zero-order chi connectivity index (χ0) is 17.4. The largest absolute Gasteiger partial charge is 0.321 e. The second kappa shape index (κ2) is 6.26. The number of benzene rings is 2. The Morgan fingerprint density at radius 2 is 1.84 bits per heavy atom. The number of hydrogen-bond acceptors (Lipinski definition) is 3. The minimum Gasteiger partial charge on any atom is -0.321 e. The zero-order valence-corrected chi connectivity index (χ0v) is 15.0. The number of anilines is 1. The van der Waals surface area contributed by atoms with Crippen molar-refractivity contribution < 1.29 is 4.79 Å². The lowest BCUT2D eigenvalue weighted by Gasteiger charge is -2.11. The predicted octanol–water partition coefficient (Wildman–Crippen LogP) is 5.11. The molecule has 25 heavy (non-hydrogen) atoms. The molecule has 1 amide bonds. The minimum atomic E-state index is -0.158. The molecule has 0 atom stereocenters. The van der Waals surface area contributed by atoms with Crippen molar-refractivity contribution >= 4 is 49.3 Å². The highest BCUT2D eigenvalue weighted by atomic mass is 79.9. The number of halogens is 1. The molecule has 4 aromatic rings. The highest BCUT2D eigenvalue weighted by molar-refractivity contribution is 9.10. The first-order chi connectivity index (χ1) is 12.1. The Kier molecular flexibility index (Phi) is 3.93. The molecule has 0 spiro atoms. The van der Waals surface area contributed by atoms with Crippen LogP contribution in [0.4, 0.5) is 5.69 Å². The zero-order valence-electron chi connectivity index (χ0n) is 13.5. The van der Waals surface area contributed by atoms with E-state index in [4.69, 9.17) is 0 Å². The molecule has 0 bridgehead atoms. The highest BCUT2D eigenvalue weighted by Gasteiger charge is 2.13. The highest BCUT2D eigenvalue weighted by Crippen LogP contribution is 2.26. The van der Waals surface area contributed by atoms with Crippen LogP contribution in [0, 0.1) is 6.92 Å². The Hall–Kier alpha value is -2.79. The number of nitrogens with one attached hydrogen (secondary N) is 1. The minimum absolute atomic E-state index is 0.158. The first kappa shape index (κ1) is 15.7. The first-order valence-corrected chi connectivity index (χ1v) is 8.63. The summed E-state index contributed by atoms with van der Waals surface area (Å²) in [6, 6.07) is 17.1. The van der Waals surface area contributed by atoms with E-state index in [0.29, 0.717) is 5.56 Å². The van der Waals surface area contributed by atoms with Gasteiger partial charge in [0.2, 0.25) is 0 Å². The van der Waals surface area contributed by atoms with Crippen molar-refractivity contribution in [2.45, 2.75) is 6.92 Å². The lowest BCUT2D eigenvalue weighted by molar-refractivity contribution is 0.102. The molecule has 5 heteroatoms. The fourth-order valence-corrected chi connectivity index (χ4v) is 3.27. The molecule has 4 nitrogen and oxygen atoms in total. The number of fused-ring (bicyclic) bond motifs is 2. The van der Waals surface area contributed by atoms with E-state index in [9.17, 15) is 4.79 Å². The van der Waals surface area contributed by atoms with Gasteiger partial charge >= 0.3 is 0 Å². The van der Waals surface area contributed by atoms with Gasteiger partial charge < -0.3 is 5.32 Å². The maximum Gasteiger partial charge on any atom is 0.256 e. The average Bonchev–Trinajstić information content (AvgIpc) is 2.61. The third-order valence-electron chi connectivity index (χ3n) is 4.04. The Morgan fingerprint density at radius 1 is 1.00 bits per heavy atom. The summed E-state index contributed by atoms with van der Waals surface area (Å²) in [5, 5.41) is 4.75. The summed E-state index contributed by atoms with van der Waals surface area (Å²) in [6.45, 7) is 1.89. The van der Waals surface area contributed by atoms with Gasteiger partial charge in [0.05, 0.1) is 22.3 Å². The molecule has 0 radical (unpaired) electrons. The summed E-state index contributed by atoms with van der Waals surface area (Å²) in [7, 11) is 0. The summed E-state index contributed by atoms with van der Waals surface area (Å²) in [5.74, 6) is -0.158. The van der Waals surface area contributed by atoms with Gasteiger partial charge in [-0.15, -0.1) is 0 Å². The third kappa shape index (κ3) is 2.98. The molecule has 0 fully saturated rings. The molecule has 1 N–H and O–H groups in total. The van der Waals surface area contributed by atoms with Crippen molar-refractivity contribution in [2.75, 3.05) is 5.32 Å². The molecular weight excluding hydrogens is 378 g/mol. The van der Waals surface area contributed by atoms with Gasteiger partial charge in [0.15, 0.2) is 0 Å². The van der Waals surface area contributed by atoms with E-state index in [1.54, 1.807) is 6.20 Å². The van der Waals surface area contributed by atoms with Gasteiger partial charge in [-0.25, -0.2) is 0 Å². The van der Waals surface area contributed by atoms with E-state index in [1.165, 1.54) is 0 Å². The molecular formula is C20H14BrN3O. The van der Waals surface area contributed by atoms with E-state index in [2.05, 4.69) is 31.2 Å². The molecule has 2 heterocycles. The van der Waals surface area contributed by atoms with Crippen molar-refractivity contribution in [1.29, 1.82) is 0 Å². The van der Waals surface area contributed by atoms with Crippen LogP contribution in [0.15, 0.2) is 65.3 Å². The first-order valence-electron chi connectivity index (χ1n) is 7.84. The van der Waals surface area contributed by atoms with Crippen LogP contribution in [0.2, 0.25) is 0 Å². The normalized spacial score (nSPS) is 11.0. The second-order valence-corrected chi connectivity index (χ2v) is 6.72. The van der Waals surface area contributed by atoms with Crippen LogP contribution >= 0.6 is 15.9 Å². The van der Waals surface area contributed by atoms with Crippen molar-refractivity contribution in [2.24, 2.45) is 0 Å². The molecule has 2 aromatic heterocycles. The van der Waals surface area contributed by atoms with Crippen LogP contribution in [-0.4, -0.2) is 15.9 Å².